The molecule has 1 aliphatic heterocycles. The van der Waals surface area contributed by atoms with Crippen LogP contribution in [-0.2, 0) is 6.54 Å². The van der Waals surface area contributed by atoms with Gasteiger partial charge in [-0.15, -0.1) is 0 Å². The molecule has 0 saturated carbocycles. The minimum absolute atomic E-state index is 0.107. The molecule has 7 heteroatoms. The fraction of sp³-hybridized carbons (Fsp3) is 0.400. The number of aryl methyl sites for hydroxylation is 1. The van der Waals surface area contributed by atoms with Crippen LogP contribution in [0.15, 0.2) is 35.6 Å². The molecule has 0 radical (unpaired) electrons. The van der Waals surface area contributed by atoms with E-state index >= 15 is 0 Å². The third-order valence-corrected chi connectivity index (χ3v) is 5.47. The molecule has 0 aliphatic carbocycles. The van der Waals surface area contributed by atoms with Gasteiger partial charge in [0.2, 0.25) is 0 Å². The van der Waals surface area contributed by atoms with Crippen LogP contribution in [0.1, 0.15) is 24.1 Å². The quantitative estimate of drug-likeness (QED) is 0.712. The van der Waals surface area contributed by atoms with Gasteiger partial charge in [0.1, 0.15) is 18.0 Å². The molecule has 4 rings (SSSR count). The number of aromatic nitrogens is 4. The number of benzene rings is 1. The minimum Gasteiger partial charge on any atom is -0.356 e. The number of nitrogens with zero attached hydrogens (tertiary/aromatic N) is 5. The summed E-state index contributed by atoms with van der Waals surface area (Å²) in [5, 5.41) is 0.462. The number of hydrogen-bond acceptors (Lipinski definition) is 5. The molecule has 1 saturated heterocycles. The SMILES string of the molecule is Cc1ncnc(N2CCC(Cn3cnc4cc(F)ccc4c3=O)CC2)c1C. The number of fused-ring (bicyclic) bond motifs is 1. The highest BCUT2D eigenvalue weighted by Crippen LogP contribution is 2.25. The van der Waals surface area contributed by atoms with Gasteiger partial charge in [-0.3, -0.25) is 9.36 Å². The number of hydrogen-bond donors (Lipinski definition) is 0. The summed E-state index contributed by atoms with van der Waals surface area (Å²) in [4.78, 5) is 27.9. The van der Waals surface area contributed by atoms with E-state index in [4.69, 9.17) is 0 Å². The molecule has 1 aliphatic rings. The lowest BCUT2D eigenvalue weighted by atomic mass is 9.96. The molecule has 0 N–H and O–H groups in total. The Morgan fingerprint density at radius 3 is 2.70 bits per heavy atom. The molecule has 3 heterocycles. The highest BCUT2D eigenvalue weighted by Gasteiger charge is 2.22. The van der Waals surface area contributed by atoms with E-state index in [2.05, 4.69) is 26.8 Å². The van der Waals surface area contributed by atoms with Crippen molar-refractivity contribution >= 4 is 16.7 Å². The number of piperidine rings is 1. The van der Waals surface area contributed by atoms with E-state index in [0.29, 0.717) is 23.4 Å². The van der Waals surface area contributed by atoms with Crippen molar-refractivity contribution in [1.82, 2.24) is 19.5 Å². The second-order valence-electron chi connectivity index (χ2n) is 7.20. The lowest BCUT2D eigenvalue weighted by Crippen LogP contribution is -2.37. The normalized spacial score (nSPS) is 15.4. The Balaban J connectivity index is 1.47. The van der Waals surface area contributed by atoms with Crippen LogP contribution >= 0.6 is 0 Å². The molecular weight excluding hydrogens is 345 g/mol. The number of halogens is 1. The Kier molecular flexibility index (Phi) is 4.59. The van der Waals surface area contributed by atoms with E-state index in [1.54, 1.807) is 10.9 Å². The van der Waals surface area contributed by atoms with E-state index in [1.807, 2.05) is 6.92 Å². The second-order valence-corrected chi connectivity index (χ2v) is 7.20. The van der Waals surface area contributed by atoms with Crippen LogP contribution in [-0.4, -0.2) is 32.6 Å². The Morgan fingerprint density at radius 2 is 1.93 bits per heavy atom. The van der Waals surface area contributed by atoms with Crippen LogP contribution in [0.25, 0.3) is 10.9 Å². The van der Waals surface area contributed by atoms with Crippen LogP contribution in [0.5, 0.6) is 0 Å². The summed E-state index contributed by atoms with van der Waals surface area (Å²) in [5.41, 5.74) is 2.43. The number of anilines is 1. The highest BCUT2D eigenvalue weighted by molar-refractivity contribution is 5.77. The monoisotopic (exact) mass is 367 g/mol. The first kappa shape index (κ1) is 17.6. The van der Waals surface area contributed by atoms with Gasteiger partial charge in [-0.05, 0) is 44.7 Å². The smallest absolute Gasteiger partial charge is 0.261 e. The third kappa shape index (κ3) is 3.41. The Morgan fingerprint density at radius 1 is 1.15 bits per heavy atom. The lowest BCUT2D eigenvalue weighted by Gasteiger charge is -2.33. The topological polar surface area (TPSA) is 63.9 Å². The molecule has 1 fully saturated rings. The van der Waals surface area contributed by atoms with Crippen molar-refractivity contribution in [2.75, 3.05) is 18.0 Å². The van der Waals surface area contributed by atoms with E-state index < -0.39 is 0 Å². The van der Waals surface area contributed by atoms with Crippen molar-refractivity contribution in [2.24, 2.45) is 5.92 Å². The zero-order valence-electron chi connectivity index (χ0n) is 15.5. The van der Waals surface area contributed by atoms with Gasteiger partial charge in [0.05, 0.1) is 17.2 Å². The standard InChI is InChI=1S/C20H22FN5O/c1-13-14(2)22-11-23-19(13)25-7-5-15(6-8-25)10-26-12-24-18-9-16(21)3-4-17(18)20(26)27/h3-4,9,11-12,15H,5-8,10H2,1-2H3. The van der Waals surface area contributed by atoms with Gasteiger partial charge in [-0.1, -0.05) is 0 Å². The van der Waals surface area contributed by atoms with Gasteiger partial charge in [-0.2, -0.15) is 0 Å². The van der Waals surface area contributed by atoms with Gasteiger partial charge < -0.3 is 4.90 Å². The molecule has 0 atom stereocenters. The fourth-order valence-electron chi connectivity index (χ4n) is 3.71. The summed E-state index contributed by atoms with van der Waals surface area (Å²) in [6, 6.07) is 4.12. The first-order chi connectivity index (χ1) is 13.0. The van der Waals surface area contributed by atoms with Gasteiger partial charge >= 0.3 is 0 Å². The maximum Gasteiger partial charge on any atom is 0.261 e. The van der Waals surface area contributed by atoms with Gasteiger partial charge in [0.15, 0.2) is 0 Å². The van der Waals surface area contributed by atoms with Crippen molar-refractivity contribution < 1.29 is 4.39 Å². The first-order valence-electron chi connectivity index (χ1n) is 9.21. The van der Waals surface area contributed by atoms with E-state index in [9.17, 15) is 9.18 Å². The predicted molar refractivity (Wildman–Crippen MR) is 102 cm³/mol. The van der Waals surface area contributed by atoms with Crippen LogP contribution in [0.4, 0.5) is 10.2 Å². The van der Waals surface area contributed by atoms with Crippen LogP contribution < -0.4 is 10.5 Å². The molecule has 0 spiro atoms. The van der Waals surface area contributed by atoms with Crippen molar-refractivity contribution in [3.05, 3.63) is 58.3 Å². The zero-order valence-corrected chi connectivity index (χ0v) is 15.5. The molecule has 0 amide bonds. The molecule has 6 nitrogen and oxygen atoms in total. The largest absolute Gasteiger partial charge is 0.356 e. The summed E-state index contributed by atoms with van der Waals surface area (Å²) in [5.74, 6) is 1.03. The fourth-order valence-corrected chi connectivity index (χ4v) is 3.71. The molecule has 2 aromatic heterocycles. The van der Waals surface area contributed by atoms with Crippen molar-refractivity contribution in [3.8, 4) is 0 Å². The van der Waals surface area contributed by atoms with E-state index in [0.717, 1.165) is 43.0 Å². The molecule has 1 aromatic carbocycles. The maximum atomic E-state index is 13.3. The summed E-state index contributed by atoms with van der Waals surface area (Å²) in [6.07, 6.45) is 5.12. The minimum atomic E-state index is -0.380. The lowest BCUT2D eigenvalue weighted by molar-refractivity contribution is 0.351. The maximum absolute atomic E-state index is 13.3. The average molecular weight is 367 g/mol. The van der Waals surface area contributed by atoms with E-state index in [-0.39, 0.29) is 11.4 Å². The van der Waals surface area contributed by atoms with Gasteiger partial charge in [0.25, 0.3) is 5.56 Å². The Labute approximate surface area is 156 Å². The summed E-state index contributed by atoms with van der Waals surface area (Å²) in [7, 11) is 0. The molecular formula is C20H22FN5O. The van der Waals surface area contributed by atoms with E-state index in [1.165, 1.54) is 24.5 Å². The van der Waals surface area contributed by atoms with Gasteiger partial charge in [-0.25, -0.2) is 19.3 Å². The molecule has 0 unspecified atom stereocenters. The molecule has 27 heavy (non-hydrogen) atoms. The average Bonchev–Trinajstić information content (AvgIpc) is 2.67. The summed E-state index contributed by atoms with van der Waals surface area (Å²) in [6.45, 7) is 6.50. The highest BCUT2D eigenvalue weighted by atomic mass is 19.1. The van der Waals surface area contributed by atoms with Crippen molar-refractivity contribution in [3.63, 3.8) is 0 Å². The Bertz CT molecular complexity index is 1040. The molecule has 3 aromatic rings. The summed E-state index contributed by atoms with van der Waals surface area (Å²) >= 11 is 0. The number of rotatable bonds is 3. The first-order valence-corrected chi connectivity index (χ1v) is 9.21. The van der Waals surface area contributed by atoms with Gasteiger partial charge in [0, 0.05) is 37.0 Å². The third-order valence-electron chi connectivity index (χ3n) is 5.47. The second kappa shape index (κ2) is 7.06. The van der Waals surface area contributed by atoms with Crippen LogP contribution in [0.3, 0.4) is 0 Å². The molecule has 0 bridgehead atoms. The van der Waals surface area contributed by atoms with Crippen molar-refractivity contribution in [1.29, 1.82) is 0 Å². The Hall–Kier alpha value is -2.83. The predicted octanol–water partition coefficient (Wildman–Crippen LogP) is 2.86. The molecule has 140 valence electrons. The van der Waals surface area contributed by atoms with Crippen LogP contribution in [0, 0.1) is 25.6 Å². The van der Waals surface area contributed by atoms with Crippen LogP contribution in [0.2, 0.25) is 0 Å². The summed E-state index contributed by atoms with van der Waals surface area (Å²) < 4.78 is 15.0. The van der Waals surface area contributed by atoms with Crippen molar-refractivity contribution in [2.45, 2.75) is 33.2 Å². The zero-order chi connectivity index (χ0) is 19.0.